The Labute approximate surface area is 105 Å². The molecule has 0 aliphatic carbocycles. The van der Waals surface area contributed by atoms with Gasteiger partial charge in [0.25, 0.3) is 0 Å². The molecule has 1 saturated heterocycles. The zero-order valence-electron chi connectivity index (χ0n) is 11.2. The molecule has 0 saturated carbocycles. The second-order valence-corrected chi connectivity index (χ2v) is 4.94. The number of urea groups is 1. The molecule has 1 aliphatic heterocycles. The van der Waals surface area contributed by atoms with Crippen LogP contribution < -0.4 is 5.84 Å². The van der Waals surface area contributed by atoms with Gasteiger partial charge in [-0.25, -0.2) is 10.6 Å². The summed E-state index contributed by atoms with van der Waals surface area (Å²) < 4.78 is 0. The van der Waals surface area contributed by atoms with Crippen molar-refractivity contribution >= 4 is 6.03 Å². The number of hydrazine groups is 1. The normalized spacial score (nSPS) is 16.7. The number of nitrogens with zero attached hydrogens (tertiary/aromatic N) is 2. The van der Waals surface area contributed by atoms with Crippen LogP contribution in [0.2, 0.25) is 0 Å². The molecule has 1 aliphatic rings. The monoisotopic (exact) mass is 241 g/mol. The fourth-order valence-corrected chi connectivity index (χ4v) is 2.27. The highest BCUT2D eigenvalue weighted by Crippen LogP contribution is 2.10. The van der Waals surface area contributed by atoms with Crippen molar-refractivity contribution < 1.29 is 4.79 Å². The molecule has 0 bridgehead atoms. The van der Waals surface area contributed by atoms with E-state index in [0.29, 0.717) is 6.54 Å². The first kappa shape index (κ1) is 14.3. The van der Waals surface area contributed by atoms with Gasteiger partial charge in [-0.3, -0.25) is 5.01 Å². The molecule has 0 atom stereocenters. The number of rotatable bonds is 8. The quantitative estimate of drug-likeness (QED) is 0.403. The summed E-state index contributed by atoms with van der Waals surface area (Å²) in [7, 11) is 0. The first-order valence-corrected chi connectivity index (χ1v) is 7.07. The molecular formula is C13H27N3O. The Balaban J connectivity index is 2.00. The van der Waals surface area contributed by atoms with Crippen molar-refractivity contribution in [1.29, 1.82) is 0 Å². The van der Waals surface area contributed by atoms with E-state index in [0.717, 1.165) is 25.9 Å². The number of carbonyl (C=O) groups excluding carboxylic acids is 1. The maximum Gasteiger partial charge on any atom is 0.334 e. The van der Waals surface area contributed by atoms with Gasteiger partial charge in [0, 0.05) is 19.6 Å². The van der Waals surface area contributed by atoms with Crippen LogP contribution in [0.3, 0.4) is 0 Å². The first-order valence-electron chi connectivity index (χ1n) is 7.07. The molecule has 1 fully saturated rings. The van der Waals surface area contributed by atoms with Crippen LogP contribution in [0.4, 0.5) is 4.79 Å². The van der Waals surface area contributed by atoms with E-state index >= 15 is 0 Å². The van der Waals surface area contributed by atoms with Crippen molar-refractivity contribution in [3.63, 3.8) is 0 Å². The summed E-state index contributed by atoms with van der Waals surface area (Å²) >= 11 is 0. The first-order chi connectivity index (χ1) is 8.25. The van der Waals surface area contributed by atoms with Crippen molar-refractivity contribution in [3.8, 4) is 0 Å². The fraction of sp³-hybridized carbons (Fsp3) is 0.923. The molecule has 0 aromatic heterocycles. The summed E-state index contributed by atoms with van der Waals surface area (Å²) in [6.45, 7) is 4.69. The van der Waals surface area contributed by atoms with E-state index in [9.17, 15) is 4.79 Å². The lowest BCUT2D eigenvalue weighted by Gasteiger charge is -2.32. The molecule has 17 heavy (non-hydrogen) atoms. The lowest BCUT2D eigenvalue weighted by molar-refractivity contribution is 0.129. The molecule has 0 aromatic carbocycles. The number of nitrogens with two attached hydrogens (primary N) is 1. The highest BCUT2D eigenvalue weighted by molar-refractivity contribution is 5.74. The maximum absolute atomic E-state index is 11.7. The standard InChI is InChI=1S/C13H27N3O/c1-2-3-4-5-6-7-8-10-15-11-9-12-16(14)13(15)17/h2-12,14H2,1H3. The van der Waals surface area contributed by atoms with Gasteiger partial charge in [0.15, 0.2) is 0 Å². The SMILES string of the molecule is CCCCCCCCCN1CCCN(N)C1=O. The Morgan fingerprint density at radius 1 is 1.06 bits per heavy atom. The molecule has 1 heterocycles. The molecule has 0 spiro atoms. The molecule has 2 amide bonds. The van der Waals surface area contributed by atoms with E-state index in [-0.39, 0.29) is 6.03 Å². The highest BCUT2D eigenvalue weighted by atomic mass is 16.2. The minimum absolute atomic E-state index is 0.00207. The number of carbonyl (C=O) groups is 1. The summed E-state index contributed by atoms with van der Waals surface area (Å²) in [5.74, 6) is 5.60. The third kappa shape index (κ3) is 5.39. The van der Waals surface area contributed by atoms with E-state index < -0.39 is 0 Å². The summed E-state index contributed by atoms with van der Waals surface area (Å²) in [6, 6.07) is 0.00207. The van der Waals surface area contributed by atoms with Crippen molar-refractivity contribution in [2.24, 2.45) is 5.84 Å². The van der Waals surface area contributed by atoms with Crippen molar-refractivity contribution in [3.05, 3.63) is 0 Å². The van der Waals surface area contributed by atoms with E-state index in [4.69, 9.17) is 5.84 Å². The van der Waals surface area contributed by atoms with Crippen molar-refractivity contribution in [1.82, 2.24) is 9.91 Å². The molecule has 0 unspecified atom stereocenters. The van der Waals surface area contributed by atoms with Gasteiger partial charge in [-0.15, -0.1) is 0 Å². The highest BCUT2D eigenvalue weighted by Gasteiger charge is 2.22. The Hall–Kier alpha value is -0.770. The van der Waals surface area contributed by atoms with Gasteiger partial charge < -0.3 is 4.90 Å². The zero-order chi connectivity index (χ0) is 12.5. The summed E-state index contributed by atoms with van der Waals surface area (Å²) in [5, 5.41) is 1.34. The molecule has 4 nitrogen and oxygen atoms in total. The second-order valence-electron chi connectivity index (χ2n) is 4.94. The molecule has 4 heteroatoms. The zero-order valence-corrected chi connectivity index (χ0v) is 11.2. The Kier molecular flexibility index (Phi) is 7.01. The van der Waals surface area contributed by atoms with Gasteiger partial charge in [0.05, 0.1) is 0 Å². The lowest BCUT2D eigenvalue weighted by atomic mass is 10.1. The summed E-state index contributed by atoms with van der Waals surface area (Å²) in [4.78, 5) is 13.5. The van der Waals surface area contributed by atoms with Gasteiger partial charge in [0.1, 0.15) is 0 Å². The van der Waals surface area contributed by atoms with E-state index in [1.807, 2.05) is 4.90 Å². The smallest absolute Gasteiger partial charge is 0.323 e. The van der Waals surface area contributed by atoms with E-state index in [2.05, 4.69) is 6.92 Å². The fourth-order valence-electron chi connectivity index (χ4n) is 2.27. The summed E-state index contributed by atoms with van der Waals surface area (Å²) in [6.07, 6.45) is 10.00. The number of unbranched alkanes of at least 4 members (excludes halogenated alkanes) is 6. The average molecular weight is 241 g/mol. The Morgan fingerprint density at radius 3 is 2.41 bits per heavy atom. The van der Waals surface area contributed by atoms with Crippen LogP contribution in [0.15, 0.2) is 0 Å². The minimum Gasteiger partial charge on any atom is -0.323 e. The maximum atomic E-state index is 11.7. The van der Waals surface area contributed by atoms with E-state index in [1.54, 1.807) is 0 Å². The molecule has 100 valence electrons. The van der Waals surface area contributed by atoms with Crippen LogP contribution in [0, 0.1) is 0 Å². The predicted molar refractivity (Wildman–Crippen MR) is 70.5 cm³/mol. The third-order valence-electron chi connectivity index (χ3n) is 3.37. The van der Waals surface area contributed by atoms with E-state index in [1.165, 1.54) is 43.5 Å². The van der Waals surface area contributed by atoms with Gasteiger partial charge in [0.2, 0.25) is 0 Å². The predicted octanol–water partition coefficient (Wildman–Crippen LogP) is 2.74. The lowest BCUT2D eigenvalue weighted by Crippen LogP contribution is -2.52. The average Bonchev–Trinajstić information content (AvgIpc) is 2.33. The molecule has 0 radical (unpaired) electrons. The van der Waals surface area contributed by atoms with Crippen LogP contribution in [0.5, 0.6) is 0 Å². The van der Waals surface area contributed by atoms with Gasteiger partial charge in [-0.2, -0.15) is 0 Å². The van der Waals surface area contributed by atoms with Gasteiger partial charge in [-0.1, -0.05) is 45.4 Å². The van der Waals surface area contributed by atoms with Crippen LogP contribution in [0.1, 0.15) is 58.3 Å². The molecule has 0 aromatic rings. The largest absolute Gasteiger partial charge is 0.334 e. The third-order valence-corrected chi connectivity index (χ3v) is 3.37. The van der Waals surface area contributed by atoms with Gasteiger partial charge in [-0.05, 0) is 12.8 Å². The minimum atomic E-state index is 0.00207. The van der Waals surface area contributed by atoms with Crippen LogP contribution in [-0.4, -0.2) is 35.6 Å². The Bertz CT molecular complexity index is 221. The van der Waals surface area contributed by atoms with Crippen molar-refractivity contribution in [2.45, 2.75) is 58.3 Å². The second kappa shape index (κ2) is 8.34. The number of amides is 2. The molecule has 1 rings (SSSR count). The Morgan fingerprint density at radius 2 is 1.71 bits per heavy atom. The van der Waals surface area contributed by atoms with Crippen LogP contribution in [-0.2, 0) is 0 Å². The summed E-state index contributed by atoms with van der Waals surface area (Å²) in [5.41, 5.74) is 0. The molecule has 2 N–H and O–H groups in total. The van der Waals surface area contributed by atoms with Crippen molar-refractivity contribution in [2.75, 3.05) is 19.6 Å². The van der Waals surface area contributed by atoms with Crippen LogP contribution in [0.25, 0.3) is 0 Å². The number of hydrogen-bond donors (Lipinski definition) is 1. The topological polar surface area (TPSA) is 49.6 Å². The molecular weight excluding hydrogens is 214 g/mol. The number of hydrogen-bond acceptors (Lipinski definition) is 2. The van der Waals surface area contributed by atoms with Gasteiger partial charge >= 0.3 is 6.03 Å². The van der Waals surface area contributed by atoms with Crippen LogP contribution >= 0.6 is 0 Å².